The maximum Gasteiger partial charge on any atom is 0.416 e. The molecule has 1 aliphatic rings. The van der Waals surface area contributed by atoms with Gasteiger partial charge in [-0.2, -0.15) is 26.3 Å². The zero-order valence-corrected chi connectivity index (χ0v) is 14.8. The minimum atomic E-state index is -4.44. The third kappa shape index (κ3) is 4.35. The second kappa shape index (κ2) is 7.54. The lowest BCUT2D eigenvalue weighted by molar-refractivity contribution is -0.138. The lowest BCUT2D eigenvalue weighted by atomic mass is 10.1. The SMILES string of the molecule is NCc1ccc(C(F)(F)F)cc1N1CCN(c2ccc(C(F)(F)F)cc2)CC1. The fourth-order valence-corrected chi connectivity index (χ4v) is 3.27. The van der Waals surface area contributed by atoms with Gasteiger partial charge in [0.25, 0.3) is 0 Å². The summed E-state index contributed by atoms with van der Waals surface area (Å²) in [5.74, 6) is 0. The van der Waals surface area contributed by atoms with Gasteiger partial charge in [0.1, 0.15) is 0 Å². The summed E-state index contributed by atoms with van der Waals surface area (Å²) in [5.41, 5.74) is 5.94. The van der Waals surface area contributed by atoms with Crippen LogP contribution in [0.25, 0.3) is 0 Å². The van der Waals surface area contributed by atoms with Gasteiger partial charge in [0.2, 0.25) is 0 Å². The van der Waals surface area contributed by atoms with Crippen LogP contribution >= 0.6 is 0 Å². The monoisotopic (exact) mass is 403 g/mol. The van der Waals surface area contributed by atoms with E-state index in [-0.39, 0.29) is 6.54 Å². The average molecular weight is 403 g/mol. The molecule has 2 N–H and O–H groups in total. The Bertz CT molecular complexity index is 806. The van der Waals surface area contributed by atoms with Gasteiger partial charge in [-0.25, -0.2) is 0 Å². The summed E-state index contributed by atoms with van der Waals surface area (Å²) in [4.78, 5) is 3.74. The molecule has 0 atom stereocenters. The molecule has 0 spiro atoms. The van der Waals surface area contributed by atoms with Gasteiger partial charge < -0.3 is 15.5 Å². The number of anilines is 2. The first-order valence-electron chi connectivity index (χ1n) is 8.67. The molecule has 0 aromatic heterocycles. The number of benzene rings is 2. The van der Waals surface area contributed by atoms with E-state index in [1.54, 1.807) is 0 Å². The molecule has 0 bridgehead atoms. The molecular weight excluding hydrogens is 384 g/mol. The lowest BCUT2D eigenvalue weighted by Crippen LogP contribution is -2.47. The van der Waals surface area contributed by atoms with E-state index >= 15 is 0 Å². The van der Waals surface area contributed by atoms with Crippen molar-refractivity contribution < 1.29 is 26.3 Å². The maximum atomic E-state index is 13.0. The van der Waals surface area contributed by atoms with Crippen LogP contribution in [0.5, 0.6) is 0 Å². The molecule has 0 amide bonds. The Hall–Kier alpha value is -2.42. The van der Waals surface area contributed by atoms with Crippen molar-refractivity contribution in [2.45, 2.75) is 18.9 Å². The third-order valence-corrected chi connectivity index (χ3v) is 4.81. The summed E-state index contributed by atoms with van der Waals surface area (Å²) in [6.07, 6.45) is -8.83. The highest BCUT2D eigenvalue weighted by molar-refractivity contribution is 5.58. The quantitative estimate of drug-likeness (QED) is 0.766. The smallest absolute Gasteiger partial charge is 0.368 e. The molecule has 0 aliphatic carbocycles. The van der Waals surface area contributed by atoms with Gasteiger partial charge in [0.15, 0.2) is 0 Å². The summed E-state index contributed by atoms with van der Waals surface area (Å²) < 4.78 is 77.1. The Labute approximate surface area is 158 Å². The van der Waals surface area contributed by atoms with Crippen molar-refractivity contribution in [1.82, 2.24) is 0 Å². The first kappa shape index (κ1) is 20.3. The van der Waals surface area contributed by atoms with Crippen LogP contribution < -0.4 is 15.5 Å². The fraction of sp³-hybridized carbons (Fsp3) is 0.368. The number of piperazine rings is 1. The minimum Gasteiger partial charge on any atom is -0.368 e. The summed E-state index contributed by atoms with van der Waals surface area (Å²) >= 11 is 0. The van der Waals surface area contributed by atoms with Crippen molar-refractivity contribution >= 4 is 11.4 Å². The van der Waals surface area contributed by atoms with Crippen molar-refractivity contribution in [3.8, 4) is 0 Å². The number of hydrogen-bond donors (Lipinski definition) is 1. The molecule has 28 heavy (non-hydrogen) atoms. The number of nitrogens with two attached hydrogens (primary N) is 1. The summed E-state index contributed by atoms with van der Waals surface area (Å²) in [5, 5.41) is 0. The van der Waals surface area contributed by atoms with Crippen molar-refractivity contribution in [2.75, 3.05) is 36.0 Å². The summed E-state index contributed by atoms with van der Waals surface area (Å²) in [7, 11) is 0. The molecule has 3 nitrogen and oxygen atoms in total. The molecule has 1 aliphatic heterocycles. The standard InChI is InChI=1S/C19H19F6N3/c20-18(21,22)14-3-5-16(6-4-14)27-7-9-28(10-8-27)17-11-15(19(23,24)25)2-1-13(17)12-26/h1-6,11H,7-10,12,26H2. The van der Waals surface area contributed by atoms with Crippen molar-refractivity contribution in [3.63, 3.8) is 0 Å². The van der Waals surface area contributed by atoms with E-state index in [4.69, 9.17) is 5.73 Å². The Morgan fingerprint density at radius 1 is 0.714 bits per heavy atom. The number of hydrogen-bond acceptors (Lipinski definition) is 3. The van der Waals surface area contributed by atoms with Crippen LogP contribution in [-0.4, -0.2) is 26.2 Å². The van der Waals surface area contributed by atoms with Crippen LogP contribution in [0.2, 0.25) is 0 Å². The summed E-state index contributed by atoms with van der Waals surface area (Å²) in [6.45, 7) is 1.95. The maximum absolute atomic E-state index is 13.0. The van der Waals surface area contributed by atoms with Crippen LogP contribution in [0.15, 0.2) is 42.5 Å². The van der Waals surface area contributed by atoms with Gasteiger partial charge >= 0.3 is 12.4 Å². The molecule has 1 fully saturated rings. The van der Waals surface area contributed by atoms with Crippen molar-refractivity contribution in [1.29, 1.82) is 0 Å². The first-order valence-corrected chi connectivity index (χ1v) is 8.67. The second-order valence-corrected chi connectivity index (χ2v) is 6.56. The van der Waals surface area contributed by atoms with Crippen molar-refractivity contribution in [2.24, 2.45) is 5.73 Å². The summed E-state index contributed by atoms with van der Waals surface area (Å²) in [6, 6.07) is 8.39. The predicted octanol–water partition coefficient (Wildman–Crippen LogP) is 4.51. The Morgan fingerprint density at radius 2 is 1.21 bits per heavy atom. The van der Waals surface area contributed by atoms with Gasteiger partial charge in [0.05, 0.1) is 11.1 Å². The second-order valence-electron chi connectivity index (χ2n) is 6.56. The molecule has 1 saturated heterocycles. The van der Waals surface area contributed by atoms with Crippen LogP contribution in [-0.2, 0) is 18.9 Å². The van der Waals surface area contributed by atoms with Gasteiger partial charge in [-0.05, 0) is 42.0 Å². The number of rotatable bonds is 3. The molecule has 2 aromatic rings. The normalized spacial score (nSPS) is 15.8. The molecule has 0 unspecified atom stereocenters. The highest BCUT2D eigenvalue weighted by atomic mass is 19.4. The van der Waals surface area contributed by atoms with Crippen LogP contribution in [0, 0.1) is 0 Å². The number of alkyl halides is 6. The van der Waals surface area contributed by atoms with Gasteiger partial charge in [-0.3, -0.25) is 0 Å². The molecule has 1 heterocycles. The van der Waals surface area contributed by atoms with Gasteiger partial charge in [-0.1, -0.05) is 6.07 Å². The molecular formula is C19H19F6N3. The average Bonchev–Trinajstić information content (AvgIpc) is 2.66. The Kier molecular flexibility index (Phi) is 5.47. The lowest BCUT2D eigenvalue weighted by Gasteiger charge is -2.38. The highest BCUT2D eigenvalue weighted by Gasteiger charge is 2.32. The molecule has 9 heteroatoms. The Balaban J connectivity index is 1.73. The first-order chi connectivity index (χ1) is 13.1. The van der Waals surface area contributed by atoms with E-state index < -0.39 is 23.5 Å². The molecule has 0 radical (unpaired) electrons. The van der Waals surface area contributed by atoms with E-state index in [1.807, 2.05) is 9.80 Å². The van der Waals surface area contributed by atoms with Crippen molar-refractivity contribution in [3.05, 3.63) is 59.2 Å². The number of halogens is 6. The predicted molar refractivity (Wildman–Crippen MR) is 95.2 cm³/mol. The third-order valence-electron chi connectivity index (χ3n) is 4.81. The molecule has 0 saturated carbocycles. The van der Waals surface area contributed by atoms with Gasteiger partial charge in [0, 0.05) is 44.1 Å². The van der Waals surface area contributed by atoms with E-state index in [2.05, 4.69) is 0 Å². The van der Waals surface area contributed by atoms with Crippen LogP contribution in [0.3, 0.4) is 0 Å². The minimum absolute atomic E-state index is 0.118. The highest BCUT2D eigenvalue weighted by Crippen LogP contribution is 2.34. The zero-order chi connectivity index (χ0) is 20.5. The largest absolute Gasteiger partial charge is 0.416 e. The van der Waals surface area contributed by atoms with Crippen LogP contribution in [0.4, 0.5) is 37.7 Å². The van der Waals surface area contributed by atoms with E-state index in [0.717, 1.165) is 24.3 Å². The van der Waals surface area contributed by atoms with Gasteiger partial charge in [-0.15, -0.1) is 0 Å². The van der Waals surface area contributed by atoms with E-state index in [9.17, 15) is 26.3 Å². The Morgan fingerprint density at radius 3 is 1.71 bits per heavy atom. The fourth-order valence-electron chi connectivity index (χ4n) is 3.27. The zero-order valence-electron chi connectivity index (χ0n) is 14.8. The molecule has 152 valence electrons. The molecule has 2 aromatic carbocycles. The van der Waals surface area contributed by atoms with Crippen LogP contribution in [0.1, 0.15) is 16.7 Å². The van der Waals surface area contributed by atoms with E-state index in [1.165, 1.54) is 18.2 Å². The van der Waals surface area contributed by atoms with E-state index in [0.29, 0.717) is 43.1 Å². The molecule has 3 rings (SSSR count). The topological polar surface area (TPSA) is 32.5 Å². The number of nitrogens with zero attached hydrogens (tertiary/aromatic N) is 2.